The second-order valence-corrected chi connectivity index (χ2v) is 10.8. The first-order valence-electron chi connectivity index (χ1n) is 13.9. The van der Waals surface area contributed by atoms with Crippen molar-refractivity contribution < 1.29 is 22.4 Å². The van der Waals surface area contributed by atoms with E-state index in [0.29, 0.717) is 45.0 Å². The number of para-hydroxylation sites is 2. The van der Waals surface area contributed by atoms with Crippen LogP contribution in [0.1, 0.15) is 24.2 Å². The Kier molecular flexibility index (Phi) is 7.42. The number of fused-ring (bicyclic) bond motifs is 1. The summed E-state index contributed by atoms with van der Waals surface area (Å²) in [4.78, 5) is 24.4. The minimum absolute atomic E-state index is 0.102. The summed E-state index contributed by atoms with van der Waals surface area (Å²) in [6, 6.07) is 19.6. The van der Waals surface area contributed by atoms with Gasteiger partial charge >= 0.3 is 6.18 Å². The number of carbonyl (C=O) groups is 1. The zero-order valence-electron chi connectivity index (χ0n) is 22.5. The second kappa shape index (κ2) is 11.2. The molecule has 0 bridgehead atoms. The number of hydrogen-bond acceptors (Lipinski definition) is 4. The summed E-state index contributed by atoms with van der Waals surface area (Å²) in [6.07, 6.45) is -2.70. The van der Waals surface area contributed by atoms with Gasteiger partial charge in [0.05, 0.1) is 29.1 Å². The lowest BCUT2D eigenvalue weighted by molar-refractivity contribution is -0.138. The van der Waals surface area contributed by atoms with Crippen LogP contribution in [0.4, 0.5) is 23.2 Å². The summed E-state index contributed by atoms with van der Waals surface area (Å²) in [7, 11) is 0. The maximum atomic E-state index is 13.6. The van der Waals surface area contributed by atoms with E-state index in [9.17, 15) is 22.4 Å². The number of hydrogen-bond donors (Lipinski definition) is 0. The smallest absolute Gasteiger partial charge is 0.368 e. The molecule has 0 spiro atoms. The Hall–Kier alpha value is -3.92. The fraction of sp³-hybridized carbons (Fsp3) is 0.355. The number of benzene rings is 3. The fourth-order valence-electron chi connectivity index (χ4n) is 5.98. The number of anilines is 1. The largest absolute Gasteiger partial charge is 0.416 e. The first-order valence-corrected chi connectivity index (χ1v) is 13.9. The molecule has 0 saturated carbocycles. The SMILES string of the molecule is O=C([C@@H]1CCCN(Cc2nc3ccccc3n2-c2ccc(F)cc2)C1)N1CCN(c2cccc(C(F)(F)F)c2)CC1. The van der Waals surface area contributed by atoms with Gasteiger partial charge in [-0.3, -0.25) is 14.3 Å². The predicted molar refractivity (Wildman–Crippen MR) is 149 cm³/mol. The third-order valence-electron chi connectivity index (χ3n) is 8.06. The standard InChI is InChI=1S/C31H31F4N5O/c32-24-10-12-25(13-11-24)40-28-9-2-1-8-27(28)36-29(40)21-37-14-4-5-22(20-37)30(41)39-17-15-38(16-18-39)26-7-3-6-23(19-26)31(33,34)35/h1-3,6-13,19,22H,4-5,14-18,20-21H2/t22-/m1/s1. The normalized spacial score (nSPS) is 18.7. The Labute approximate surface area is 235 Å². The van der Waals surface area contributed by atoms with Gasteiger partial charge in [0.15, 0.2) is 0 Å². The van der Waals surface area contributed by atoms with Crippen molar-refractivity contribution in [2.45, 2.75) is 25.6 Å². The molecular weight excluding hydrogens is 534 g/mol. The Morgan fingerprint density at radius 1 is 0.878 bits per heavy atom. The number of piperidine rings is 1. The maximum absolute atomic E-state index is 13.6. The van der Waals surface area contributed by atoms with Crippen molar-refractivity contribution in [3.05, 3.63) is 90.0 Å². The van der Waals surface area contributed by atoms with Gasteiger partial charge in [-0.05, 0) is 74.0 Å². The lowest BCUT2D eigenvalue weighted by atomic mass is 9.96. The van der Waals surface area contributed by atoms with E-state index in [1.807, 2.05) is 38.6 Å². The first kappa shape index (κ1) is 27.3. The molecule has 0 aliphatic carbocycles. The van der Waals surface area contributed by atoms with Gasteiger partial charge in [-0.25, -0.2) is 9.37 Å². The van der Waals surface area contributed by atoms with E-state index in [2.05, 4.69) is 4.90 Å². The maximum Gasteiger partial charge on any atom is 0.416 e. The van der Waals surface area contributed by atoms with Gasteiger partial charge in [-0.2, -0.15) is 13.2 Å². The topological polar surface area (TPSA) is 44.6 Å². The van der Waals surface area contributed by atoms with E-state index in [4.69, 9.17) is 4.98 Å². The van der Waals surface area contributed by atoms with Crippen LogP contribution in [-0.4, -0.2) is 64.5 Å². The molecule has 1 aromatic heterocycles. The van der Waals surface area contributed by atoms with Crippen molar-refractivity contribution in [2.24, 2.45) is 5.92 Å². The number of alkyl halides is 3. The van der Waals surface area contributed by atoms with Gasteiger partial charge in [-0.1, -0.05) is 18.2 Å². The van der Waals surface area contributed by atoms with Gasteiger partial charge in [0.25, 0.3) is 0 Å². The molecule has 3 aromatic carbocycles. The molecule has 214 valence electrons. The number of likely N-dealkylation sites (tertiary alicyclic amines) is 1. The monoisotopic (exact) mass is 565 g/mol. The summed E-state index contributed by atoms with van der Waals surface area (Å²) >= 11 is 0. The quantitative estimate of drug-likeness (QED) is 0.290. The lowest BCUT2D eigenvalue weighted by Crippen LogP contribution is -2.52. The molecule has 10 heteroatoms. The van der Waals surface area contributed by atoms with Crippen LogP contribution in [0.5, 0.6) is 0 Å². The summed E-state index contributed by atoms with van der Waals surface area (Å²) in [5.74, 6) is 0.492. The van der Waals surface area contributed by atoms with E-state index in [0.717, 1.165) is 48.0 Å². The van der Waals surface area contributed by atoms with E-state index in [1.54, 1.807) is 18.2 Å². The van der Waals surface area contributed by atoms with Gasteiger partial charge < -0.3 is 9.80 Å². The Balaban J connectivity index is 1.12. The van der Waals surface area contributed by atoms with Crippen LogP contribution in [0.3, 0.4) is 0 Å². The molecule has 6 nitrogen and oxygen atoms in total. The predicted octanol–water partition coefficient (Wildman–Crippen LogP) is 5.74. The van der Waals surface area contributed by atoms with Gasteiger partial charge in [0.1, 0.15) is 11.6 Å². The number of piperazine rings is 1. The molecule has 1 atom stereocenters. The van der Waals surface area contributed by atoms with E-state index in [1.165, 1.54) is 24.3 Å². The van der Waals surface area contributed by atoms with Crippen LogP contribution in [0.15, 0.2) is 72.8 Å². The molecule has 6 rings (SSSR count). The Morgan fingerprint density at radius 3 is 2.39 bits per heavy atom. The molecule has 2 aliphatic rings. The number of nitrogens with zero attached hydrogens (tertiary/aromatic N) is 5. The second-order valence-electron chi connectivity index (χ2n) is 10.8. The van der Waals surface area contributed by atoms with Crippen LogP contribution in [0.25, 0.3) is 16.7 Å². The third kappa shape index (κ3) is 5.79. The molecule has 0 radical (unpaired) electrons. The number of carbonyl (C=O) groups excluding carboxylic acids is 1. The molecule has 0 unspecified atom stereocenters. The van der Waals surface area contributed by atoms with E-state index >= 15 is 0 Å². The minimum atomic E-state index is -4.39. The van der Waals surface area contributed by atoms with E-state index < -0.39 is 11.7 Å². The summed E-state index contributed by atoms with van der Waals surface area (Å²) in [5.41, 5.74) is 2.49. The summed E-state index contributed by atoms with van der Waals surface area (Å²) < 4.78 is 55.2. The zero-order valence-corrected chi connectivity index (χ0v) is 22.5. The van der Waals surface area contributed by atoms with E-state index in [-0.39, 0.29) is 17.6 Å². The Morgan fingerprint density at radius 2 is 1.63 bits per heavy atom. The number of rotatable bonds is 5. The minimum Gasteiger partial charge on any atom is -0.368 e. The highest BCUT2D eigenvalue weighted by Gasteiger charge is 2.33. The van der Waals surface area contributed by atoms with Crippen molar-refractivity contribution in [2.75, 3.05) is 44.2 Å². The van der Waals surface area contributed by atoms with Crippen LogP contribution in [0, 0.1) is 11.7 Å². The van der Waals surface area contributed by atoms with Crippen molar-refractivity contribution in [1.82, 2.24) is 19.4 Å². The highest BCUT2D eigenvalue weighted by molar-refractivity contribution is 5.80. The molecule has 41 heavy (non-hydrogen) atoms. The Bertz CT molecular complexity index is 1530. The van der Waals surface area contributed by atoms with Crippen LogP contribution in [-0.2, 0) is 17.5 Å². The number of amides is 1. The highest BCUT2D eigenvalue weighted by atomic mass is 19.4. The molecular formula is C31H31F4N5O. The lowest BCUT2D eigenvalue weighted by Gasteiger charge is -2.39. The van der Waals surface area contributed by atoms with Crippen LogP contribution >= 0.6 is 0 Å². The number of imidazole rings is 1. The molecule has 0 N–H and O–H groups in total. The van der Waals surface area contributed by atoms with Crippen molar-refractivity contribution in [3.63, 3.8) is 0 Å². The average Bonchev–Trinajstić information content (AvgIpc) is 3.35. The van der Waals surface area contributed by atoms with Crippen LogP contribution < -0.4 is 4.90 Å². The molecule has 3 heterocycles. The van der Waals surface area contributed by atoms with Crippen LogP contribution in [0.2, 0.25) is 0 Å². The third-order valence-corrected chi connectivity index (χ3v) is 8.06. The number of aromatic nitrogens is 2. The fourth-order valence-corrected chi connectivity index (χ4v) is 5.98. The summed E-state index contributed by atoms with van der Waals surface area (Å²) in [5, 5.41) is 0. The first-order chi connectivity index (χ1) is 19.8. The zero-order chi connectivity index (χ0) is 28.6. The van der Waals surface area contributed by atoms with Crippen molar-refractivity contribution in [1.29, 1.82) is 0 Å². The highest BCUT2D eigenvalue weighted by Crippen LogP contribution is 2.32. The van der Waals surface area contributed by atoms with Gasteiger partial charge in [0, 0.05) is 44.1 Å². The molecule has 2 aliphatic heterocycles. The molecule has 2 saturated heterocycles. The molecule has 4 aromatic rings. The van der Waals surface area contributed by atoms with Crippen molar-refractivity contribution >= 4 is 22.6 Å². The van der Waals surface area contributed by atoms with Crippen molar-refractivity contribution in [3.8, 4) is 5.69 Å². The molecule has 2 fully saturated rings. The summed E-state index contributed by atoms with van der Waals surface area (Å²) in [6.45, 7) is 3.95. The van der Waals surface area contributed by atoms with Gasteiger partial charge in [-0.15, -0.1) is 0 Å². The van der Waals surface area contributed by atoms with Gasteiger partial charge in [0.2, 0.25) is 5.91 Å². The molecule has 1 amide bonds. The number of halogens is 4. The average molecular weight is 566 g/mol.